The summed E-state index contributed by atoms with van der Waals surface area (Å²) in [5.41, 5.74) is -0.460. The fourth-order valence-corrected chi connectivity index (χ4v) is 10.3. The molecule has 0 amide bonds. The van der Waals surface area contributed by atoms with Crippen molar-refractivity contribution in [2.75, 3.05) is 14.2 Å². The summed E-state index contributed by atoms with van der Waals surface area (Å²) in [5.74, 6) is 2.20. The van der Waals surface area contributed by atoms with E-state index in [9.17, 15) is 5.11 Å². The van der Waals surface area contributed by atoms with E-state index >= 15 is 0 Å². The molecule has 10 atom stereocenters. The van der Waals surface area contributed by atoms with Crippen LogP contribution in [-0.4, -0.2) is 42.9 Å². The highest BCUT2D eigenvalue weighted by atomic mass is 16.7. The quantitative estimate of drug-likeness (QED) is 0.402. The van der Waals surface area contributed by atoms with Crippen molar-refractivity contribution in [3.63, 3.8) is 0 Å². The second kappa shape index (κ2) is 8.41. The molecule has 1 N–H and O–H groups in total. The van der Waals surface area contributed by atoms with Gasteiger partial charge in [0, 0.05) is 31.0 Å². The fourth-order valence-electron chi connectivity index (χ4n) is 10.3. The van der Waals surface area contributed by atoms with E-state index in [1.165, 1.54) is 19.3 Å². The molecule has 0 aromatic rings. The first-order chi connectivity index (χ1) is 16.8. The summed E-state index contributed by atoms with van der Waals surface area (Å²) in [6.07, 6.45) is 16.9. The number of ether oxygens (including phenoxy) is 3. The van der Waals surface area contributed by atoms with E-state index < -0.39 is 5.60 Å². The van der Waals surface area contributed by atoms with E-state index in [0.717, 1.165) is 25.7 Å². The normalized spacial score (nSPS) is 50.1. The molecule has 4 fully saturated rings. The largest absolute Gasteiger partial charge is 0.392 e. The minimum absolute atomic E-state index is 0.00428. The summed E-state index contributed by atoms with van der Waals surface area (Å²) < 4.78 is 18.8. The molecule has 2 bridgehead atoms. The number of hydrogen-bond acceptors (Lipinski definition) is 4. The van der Waals surface area contributed by atoms with Crippen molar-refractivity contribution in [2.45, 2.75) is 117 Å². The van der Waals surface area contributed by atoms with Crippen molar-refractivity contribution < 1.29 is 19.3 Å². The molecule has 0 aromatic carbocycles. The van der Waals surface area contributed by atoms with Crippen LogP contribution in [0.1, 0.15) is 93.4 Å². The van der Waals surface area contributed by atoms with E-state index in [2.05, 4.69) is 72.8 Å². The third-order valence-electron chi connectivity index (χ3n) is 12.9. The zero-order chi connectivity index (χ0) is 26.4. The third-order valence-corrected chi connectivity index (χ3v) is 12.9. The molecule has 204 valence electrons. The van der Waals surface area contributed by atoms with E-state index in [0.29, 0.717) is 29.1 Å². The van der Waals surface area contributed by atoms with Gasteiger partial charge in [-0.2, -0.15) is 0 Å². The molecule has 4 nitrogen and oxygen atoms in total. The third kappa shape index (κ3) is 3.20. The van der Waals surface area contributed by atoms with E-state index in [4.69, 9.17) is 14.2 Å². The van der Waals surface area contributed by atoms with Crippen LogP contribution in [0.5, 0.6) is 0 Å². The second-order valence-corrected chi connectivity index (χ2v) is 14.7. The minimum Gasteiger partial charge on any atom is -0.392 e. The summed E-state index contributed by atoms with van der Waals surface area (Å²) in [5, 5.41) is 11.0. The molecule has 4 heteroatoms. The molecule has 1 spiro atoms. The van der Waals surface area contributed by atoms with Crippen molar-refractivity contribution in [3.8, 4) is 0 Å². The number of hydrogen-bond donors (Lipinski definition) is 1. The molecule has 5 rings (SSSR count). The molecule has 5 aliphatic rings. The first kappa shape index (κ1) is 26.9. The van der Waals surface area contributed by atoms with Gasteiger partial charge >= 0.3 is 0 Å². The van der Waals surface area contributed by atoms with Crippen molar-refractivity contribution in [1.29, 1.82) is 0 Å². The number of fused-ring (bicyclic) bond motifs is 2. The van der Waals surface area contributed by atoms with Crippen molar-refractivity contribution >= 4 is 0 Å². The summed E-state index contributed by atoms with van der Waals surface area (Å²) in [4.78, 5) is 0. The Morgan fingerprint density at radius 1 is 1.06 bits per heavy atom. The molecule has 1 heterocycles. The molecule has 1 saturated heterocycles. The summed E-state index contributed by atoms with van der Waals surface area (Å²) in [6.45, 7) is 16.3. The maximum absolute atomic E-state index is 11.0. The van der Waals surface area contributed by atoms with E-state index in [1.807, 2.05) is 7.11 Å². The van der Waals surface area contributed by atoms with Gasteiger partial charge < -0.3 is 19.3 Å². The van der Waals surface area contributed by atoms with Gasteiger partial charge in [0.15, 0.2) is 6.29 Å². The number of rotatable bonds is 6. The van der Waals surface area contributed by atoms with Crippen LogP contribution in [0, 0.1) is 45.3 Å². The van der Waals surface area contributed by atoms with E-state index in [-0.39, 0.29) is 34.2 Å². The Labute approximate surface area is 220 Å². The van der Waals surface area contributed by atoms with Gasteiger partial charge in [0.2, 0.25) is 0 Å². The molecule has 1 aliphatic heterocycles. The predicted molar refractivity (Wildman–Crippen MR) is 144 cm³/mol. The first-order valence-electron chi connectivity index (χ1n) is 14.6. The fraction of sp³-hybridized carbons (Fsp3) is 0.875. The SMILES string of the molecule is CO[C@@H]1O[C@]23C=C[C@@H]4[C@@]1(CC[C@]1(C)[C@@H]([C@H](C)C/C=C/C(C)(C)OC)CC[C@@]41C)[C@@H]2CC[C@H](O)C3(C)C. The molecule has 0 aromatic heterocycles. The van der Waals surface area contributed by atoms with Gasteiger partial charge in [-0.25, -0.2) is 0 Å². The van der Waals surface area contributed by atoms with Gasteiger partial charge in [0.1, 0.15) is 5.60 Å². The zero-order valence-electron chi connectivity index (χ0n) is 24.4. The van der Waals surface area contributed by atoms with Crippen molar-refractivity contribution in [3.05, 3.63) is 24.3 Å². The Hall–Kier alpha value is -0.680. The van der Waals surface area contributed by atoms with Gasteiger partial charge in [-0.15, -0.1) is 0 Å². The lowest BCUT2D eigenvalue weighted by atomic mass is 9.38. The Bertz CT molecular complexity index is 921. The average Bonchev–Trinajstić information content (AvgIpc) is 3.20. The molecule has 4 aliphatic carbocycles. The highest BCUT2D eigenvalue weighted by Gasteiger charge is 2.78. The Morgan fingerprint density at radius 2 is 1.78 bits per heavy atom. The van der Waals surface area contributed by atoms with E-state index in [1.54, 1.807) is 7.11 Å². The van der Waals surface area contributed by atoms with Gasteiger partial charge in [-0.1, -0.05) is 58.9 Å². The van der Waals surface area contributed by atoms with Crippen molar-refractivity contribution in [2.24, 2.45) is 45.3 Å². The highest BCUT2D eigenvalue weighted by Crippen LogP contribution is 2.78. The van der Waals surface area contributed by atoms with Crippen molar-refractivity contribution in [1.82, 2.24) is 0 Å². The van der Waals surface area contributed by atoms with Crippen LogP contribution < -0.4 is 0 Å². The number of allylic oxidation sites excluding steroid dienone is 2. The lowest BCUT2D eigenvalue weighted by Crippen LogP contribution is -2.65. The van der Waals surface area contributed by atoms with Crippen LogP contribution in [0.4, 0.5) is 0 Å². The number of aliphatic hydroxyl groups excluding tert-OH is 1. The highest BCUT2D eigenvalue weighted by molar-refractivity contribution is 5.34. The lowest BCUT2D eigenvalue weighted by Gasteiger charge is -2.65. The molecule has 36 heavy (non-hydrogen) atoms. The monoisotopic (exact) mass is 500 g/mol. The predicted octanol–water partition coefficient (Wildman–Crippen LogP) is 6.92. The molecular weight excluding hydrogens is 448 g/mol. The molecule has 0 radical (unpaired) electrons. The van der Waals surface area contributed by atoms with Gasteiger partial charge in [-0.05, 0) is 87.4 Å². The van der Waals surface area contributed by atoms with Gasteiger partial charge in [-0.3, -0.25) is 0 Å². The smallest absolute Gasteiger partial charge is 0.164 e. The van der Waals surface area contributed by atoms with Crippen LogP contribution in [0.25, 0.3) is 0 Å². The second-order valence-electron chi connectivity index (χ2n) is 14.7. The average molecular weight is 501 g/mol. The Morgan fingerprint density at radius 3 is 2.44 bits per heavy atom. The maximum Gasteiger partial charge on any atom is 0.164 e. The minimum atomic E-state index is -0.434. The Kier molecular flexibility index (Phi) is 6.28. The number of aliphatic hydroxyl groups is 1. The van der Waals surface area contributed by atoms with Crippen LogP contribution in [-0.2, 0) is 14.2 Å². The standard InChI is InChI=1S/C32H52O4/c1-21(11-10-16-27(2,3)35-9)22-14-17-30(7)23-15-18-32-24(12-13-25(33)28(32,4)5)31(23,26(34-8)36-32)20-19-29(22,30)6/h10,15-16,18,21-26,33H,11-14,17,19-20H2,1-9H3/b16-10+/t21-,22-,23+,24+,25+,26-,29-,30+,31+,32-/m1/s1. The Balaban J connectivity index is 1.49. The molecule has 3 saturated carbocycles. The summed E-state index contributed by atoms with van der Waals surface area (Å²) >= 11 is 0. The van der Waals surface area contributed by atoms with Crippen LogP contribution in [0.15, 0.2) is 24.3 Å². The zero-order valence-corrected chi connectivity index (χ0v) is 24.4. The van der Waals surface area contributed by atoms with Gasteiger partial charge in [0.05, 0.1) is 11.7 Å². The van der Waals surface area contributed by atoms with Gasteiger partial charge in [0.25, 0.3) is 0 Å². The lowest BCUT2D eigenvalue weighted by molar-refractivity contribution is -0.225. The van der Waals surface area contributed by atoms with Crippen LogP contribution >= 0.6 is 0 Å². The summed E-state index contributed by atoms with van der Waals surface area (Å²) in [6, 6.07) is 0. The van der Waals surface area contributed by atoms with Crippen LogP contribution in [0.2, 0.25) is 0 Å². The topological polar surface area (TPSA) is 47.9 Å². The maximum atomic E-state index is 11.0. The first-order valence-corrected chi connectivity index (χ1v) is 14.6. The summed E-state index contributed by atoms with van der Waals surface area (Å²) in [7, 11) is 3.63. The molecular formula is C32H52O4. The van der Waals surface area contributed by atoms with Crippen LogP contribution in [0.3, 0.4) is 0 Å². The molecule has 0 unspecified atom stereocenters. The number of methoxy groups -OCH3 is 2.